The molecule has 3 aromatic rings. The Bertz CT molecular complexity index is 1440. The van der Waals surface area contributed by atoms with Gasteiger partial charge in [0, 0.05) is 59.8 Å². The Kier molecular flexibility index (Phi) is 7.35. The van der Waals surface area contributed by atoms with Crippen LogP contribution in [0.3, 0.4) is 0 Å². The number of likely N-dealkylation sites (tertiary alicyclic amines) is 1. The molecule has 2 amide bonds. The number of non-ortho nitro benzene ring substituents is 1. The molecule has 5 rings (SSSR count). The first-order valence-corrected chi connectivity index (χ1v) is 12.9. The summed E-state index contributed by atoms with van der Waals surface area (Å²) in [6.07, 6.45) is 1.43. The van der Waals surface area contributed by atoms with Crippen LogP contribution >= 0.6 is 0 Å². The van der Waals surface area contributed by atoms with Crippen LogP contribution in [-0.2, 0) is 10.2 Å². The highest BCUT2D eigenvalue weighted by molar-refractivity contribution is 5.88. The molecule has 210 valence electrons. The second kappa shape index (κ2) is 10.9. The Morgan fingerprint density at radius 3 is 2.50 bits per heavy atom. The number of rotatable bonds is 6. The molecule has 0 unspecified atom stereocenters. The molecule has 2 aliphatic rings. The molecule has 2 aromatic carbocycles. The summed E-state index contributed by atoms with van der Waals surface area (Å²) < 4.78 is 16.2. The number of carbonyl (C=O) groups is 2. The zero-order valence-corrected chi connectivity index (χ0v) is 22.0. The van der Waals surface area contributed by atoms with Crippen LogP contribution in [0.4, 0.5) is 15.3 Å². The summed E-state index contributed by atoms with van der Waals surface area (Å²) >= 11 is 0. The molecule has 12 heteroatoms. The summed E-state index contributed by atoms with van der Waals surface area (Å²) in [6, 6.07) is 10.4. The van der Waals surface area contributed by atoms with Crippen LogP contribution in [0.1, 0.15) is 30.1 Å². The van der Waals surface area contributed by atoms with Crippen molar-refractivity contribution in [3.8, 4) is 11.5 Å². The number of hydrogen-bond acceptors (Lipinski definition) is 8. The van der Waals surface area contributed by atoms with E-state index in [1.54, 1.807) is 16.9 Å². The van der Waals surface area contributed by atoms with Gasteiger partial charge in [-0.1, -0.05) is 12.7 Å². The van der Waals surface area contributed by atoms with Crippen molar-refractivity contribution in [2.75, 3.05) is 40.0 Å². The summed E-state index contributed by atoms with van der Waals surface area (Å²) in [5.41, 5.74) is 1.95. The molecule has 0 saturated carbocycles. The fourth-order valence-corrected chi connectivity index (χ4v) is 5.74. The zero-order valence-electron chi connectivity index (χ0n) is 22.0. The second-order valence-electron chi connectivity index (χ2n) is 9.90. The standard InChI is InChI=1S/C28H30N4O8/c1-3-14-39-27(35)31-17-28(24-21-9-8-20(38-2)15-22(21)29-25(24)23(31)16-33)10-12-30(13-11-28)26(34)40-19-6-4-18(5-7-19)32(36)37/h3-9,15,23,29,33H,1,10-14,16-17H2,2H3/t23-/m0/s1. The van der Waals surface area contributed by atoms with E-state index < -0.39 is 28.6 Å². The van der Waals surface area contributed by atoms with Crippen LogP contribution in [0, 0.1) is 10.1 Å². The number of ether oxygens (including phenoxy) is 3. The van der Waals surface area contributed by atoms with Gasteiger partial charge in [0.2, 0.25) is 0 Å². The molecule has 40 heavy (non-hydrogen) atoms. The van der Waals surface area contributed by atoms with E-state index in [1.807, 2.05) is 18.2 Å². The number of fused-ring (bicyclic) bond motifs is 4. The van der Waals surface area contributed by atoms with Crippen molar-refractivity contribution in [2.45, 2.75) is 24.3 Å². The van der Waals surface area contributed by atoms with Crippen LogP contribution in [0.15, 0.2) is 55.1 Å². The number of aliphatic hydroxyl groups is 1. The highest BCUT2D eigenvalue weighted by Crippen LogP contribution is 2.49. The number of aromatic amines is 1. The number of piperidine rings is 1. The largest absolute Gasteiger partial charge is 0.497 e. The molecule has 0 bridgehead atoms. The van der Waals surface area contributed by atoms with Crippen LogP contribution < -0.4 is 9.47 Å². The minimum absolute atomic E-state index is 0.0412. The van der Waals surface area contributed by atoms with E-state index >= 15 is 0 Å². The lowest BCUT2D eigenvalue weighted by atomic mass is 9.68. The summed E-state index contributed by atoms with van der Waals surface area (Å²) in [4.78, 5) is 43.0. The summed E-state index contributed by atoms with van der Waals surface area (Å²) in [5, 5.41) is 22.2. The van der Waals surface area contributed by atoms with Crippen molar-refractivity contribution in [3.05, 3.63) is 76.5 Å². The number of hydrogen-bond donors (Lipinski definition) is 2. The van der Waals surface area contributed by atoms with Crippen molar-refractivity contribution in [2.24, 2.45) is 0 Å². The third kappa shape index (κ3) is 4.81. The SMILES string of the molecule is C=CCOC(=O)N1CC2(CCN(C(=O)Oc3ccc([N+](=O)[O-])cc3)CC2)c2c([nH]c3cc(OC)ccc23)[C@@H]1CO. The topological polar surface area (TPSA) is 147 Å². The normalized spacial score (nSPS) is 17.8. The van der Waals surface area contributed by atoms with E-state index in [0.717, 1.165) is 22.2 Å². The highest BCUT2D eigenvalue weighted by atomic mass is 16.6. The summed E-state index contributed by atoms with van der Waals surface area (Å²) in [6.45, 7) is 4.35. The number of aliphatic hydroxyl groups excluding tert-OH is 1. The van der Waals surface area contributed by atoms with Crippen molar-refractivity contribution < 1.29 is 33.8 Å². The van der Waals surface area contributed by atoms with Gasteiger partial charge in [0.25, 0.3) is 5.69 Å². The van der Waals surface area contributed by atoms with Gasteiger partial charge in [0.15, 0.2) is 0 Å². The number of nitro benzene ring substituents is 1. The van der Waals surface area contributed by atoms with E-state index in [1.165, 1.54) is 30.3 Å². The average molecular weight is 551 g/mol. The van der Waals surface area contributed by atoms with Gasteiger partial charge < -0.3 is 29.2 Å². The number of nitrogens with one attached hydrogen (secondary N) is 1. The smallest absolute Gasteiger partial charge is 0.415 e. The first kappa shape index (κ1) is 27.0. The molecule has 2 aliphatic heterocycles. The third-order valence-electron chi connectivity index (χ3n) is 7.71. The van der Waals surface area contributed by atoms with E-state index in [2.05, 4.69) is 11.6 Å². The maximum absolute atomic E-state index is 13.1. The van der Waals surface area contributed by atoms with Crippen molar-refractivity contribution in [3.63, 3.8) is 0 Å². The van der Waals surface area contributed by atoms with Gasteiger partial charge in [-0.3, -0.25) is 15.0 Å². The molecule has 1 fully saturated rings. The Hall–Kier alpha value is -4.58. The minimum Gasteiger partial charge on any atom is -0.497 e. The summed E-state index contributed by atoms with van der Waals surface area (Å²) in [7, 11) is 1.59. The van der Waals surface area contributed by atoms with Crippen LogP contribution in [0.25, 0.3) is 10.9 Å². The van der Waals surface area contributed by atoms with Crippen molar-refractivity contribution in [1.29, 1.82) is 0 Å². The van der Waals surface area contributed by atoms with Gasteiger partial charge in [-0.05, 0) is 42.7 Å². The van der Waals surface area contributed by atoms with E-state index in [4.69, 9.17) is 14.2 Å². The number of aromatic nitrogens is 1. The van der Waals surface area contributed by atoms with E-state index in [-0.39, 0.29) is 24.7 Å². The number of methoxy groups -OCH3 is 1. The molecule has 2 N–H and O–H groups in total. The van der Waals surface area contributed by atoms with Gasteiger partial charge in [0.05, 0.1) is 24.7 Å². The lowest BCUT2D eigenvalue weighted by molar-refractivity contribution is -0.384. The minimum atomic E-state index is -0.638. The van der Waals surface area contributed by atoms with Gasteiger partial charge in [0.1, 0.15) is 18.1 Å². The lowest BCUT2D eigenvalue weighted by Crippen LogP contribution is -2.56. The van der Waals surface area contributed by atoms with Crippen LogP contribution in [-0.4, -0.2) is 77.0 Å². The molecule has 1 saturated heterocycles. The Balaban J connectivity index is 1.44. The monoisotopic (exact) mass is 550 g/mol. The molecule has 1 atom stereocenters. The predicted octanol–water partition coefficient (Wildman–Crippen LogP) is 4.29. The molecule has 12 nitrogen and oxygen atoms in total. The van der Waals surface area contributed by atoms with E-state index in [0.29, 0.717) is 38.2 Å². The molecule has 1 spiro atoms. The van der Waals surface area contributed by atoms with Gasteiger partial charge in [-0.25, -0.2) is 9.59 Å². The highest BCUT2D eigenvalue weighted by Gasteiger charge is 2.49. The number of benzene rings is 2. The molecular formula is C28H30N4O8. The molecular weight excluding hydrogens is 520 g/mol. The maximum atomic E-state index is 13.1. The average Bonchev–Trinajstić information content (AvgIpc) is 3.36. The van der Waals surface area contributed by atoms with Crippen molar-refractivity contribution in [1.82, 2.24) is 14.8 Å². The Morgan fingerprint density at radius 2 is 1.88 bits per heavy atom. The molecule has 0 aliphatic carbocycles. The second-order valence-corrected chi connectivity index (χ2v) is 9.90. The fourth-order valence-electron chi connectivity index (χ4n) is 5.74. The van der Waals surface area contributed by atoms with Gasteiger partial charge in [-0.15, -0.1) is 0 Å². The van der Waals surface area contributed by atoms with E-state index in [9.17, 15) is 24.8 Å². The third-order valence-corrected chi connectivity index (χ3v) is 7.71. The number of nitro groups is 1. The van der Waals surface area contributed by atoms with Gasteiger partial charge >= 0.3 is 12.2 Å². The molecule has 1 aromatic heterocycles. The molecule has 3 heterocycles. The maximum Gasteiger partial charge on any atom is 0.415 e. The lowest BCUT2D eigenvalue weighted by Gasteiger charge is -2.49. The van der Waals surface area contributed by atoms with Gasteiger partial charge in [-0.2, -0.15) is 0 Å². The Morgan fingerprint density at radius 1 is 1.18 bits per heavy atom. The first-order valence-electron chi connectivity index (χ1n) is 12.9. The Labute approximate surface area is 229 Å². The summed E-state index contributed by atoms with van der Waals surface area (Å²) in [5.74, 6) is 0.884. The number of nitrogens with zero attached hydrogens (tertiary/aromatic N) is 3. The van der Waals surface area contributed by atoms with Crippen LogP contribution in [0.2, 0.25) is 0 Å². The number of carbonyl (C=O) groups excluding carboxylic acids is 2. The number of H-pyrrole nitrogens is 1. The number of amides is 2. The zero-order chi connectivity index (χ0) is 28.4. The first-order chi connectivity index (χ1) is 19.3. The van der Waals surface area contributed by atoms with Crippen LogP contribution in [0.5, 0.6) is 11.5 Å². The quantitative estimate of drug-likeness (QED) is 0.262. The van der Waals surface area contributed by atoms with Crippen molar-refractivity contribution >= 4 is 28.8 Å². The fraction of sp³-hybridized carbons (Fsp3) is 0.357. The molecule has 0 radical (unpaired) electrons. The predicted molar refractivity (Wildman–Crippen MR) is 145 cm³/mol.